The SMILES string of the molecule is CCCCCCCCOC(CCCCCCCN(CC)CCCCCCCC(=O)OC(CC)CCCCCC)OCCCCCCCC. The van der Waals surface area contributed by atoms with Gasteiger partial charge in [-0.05, 0) is 83.8 Å². The van der Waals surface area contributed by atoms with E-state index in [1.807, 2.05) is 0 Å². The molecule has 0 fully saturated rings. The topological polar surface area (TPSA) is 48.0 Å². The Balaban J connectivity index is 3.95. The van der Waals surface area contributed by atoms with Gasteiger partial charge in [-0.15, -0.1) is 0 Å². The average Bonchev–Trinajstić information content (AvgIpc) is 3.09. The van der Waals surface area contributed by atoms with Gasteiger partial charge in [0.25, 0.3) is 0 Å². The number of carbonyl (C=O) groups excluding carboxylic acids is 1. The van der Waals surface area contributed by atoms with E-state index in [0.29, 0.717) is 6.42 Å². The van der Waals surface area contributed by atoms with Crippen LogP contribution >= 0.6 is 0 Å². The molecule has 0 aliphatic heterocycles. The molecular formula is C43H87NO4. The highest BCUT2D eigenvalue weighted by molar-refractivity contribution is 5.69. The van der Waals surface area contributed by atoms with E-state index in [1.54, 1.807) is 0 Å². The van der Waals surface area contributed by atoms with Gasteiger partial charge in [-0.3, -0.25) is 4.79 Å². The van der Waals surface area contributed by atoms with Crippen molar-refractivity contribution in [3.8, 4) is 0 Å². The molecule has 0 saturated carbocycles. The second-order valence-electron chi connectivity index (χ2n) is 14.6. The Labute approximate surface area is 301 Å². The summed E-state index contributed by atoms with van der Waals surface area (Å²) in [4.78, 5) is 14.9. The van der Waals surface area contributed by atoms with Gasteiger partial charge in [0.1, 0.15) is 6.10 Å². The molecule has 0 aromatic carbocycles. The molecule has 0 N–H and O–H groups in total. The van der Waals surface area contributed by atoms with E-state index in [1.165, 1.54) is 167 Å². The summed E-state index contributed by atoms with van der Waals surface area (Å²) in [5.41, 5.74) is 0. The van der Waals surface area contributed by atoms with Gasteiger partial charge in [-0.25, -0.2) is 0 Å². The molecule has 5 heteroatoms. The predicted molar refractivity (Wildman–Crippen MR) is 209 cm³/mol. The molecule has 0 bridgehead atoms. The highest BCUT2D eigenvalue weighted by atomic mass is 16.7. The van der Waals surface area contributed by atoms with Crippen LogP contribution < -0.4 is 0 Å². The summed E-state index contributed by atoms with van der Waals surface area (Å²) in [6, 6.07) is 0. The van der Waals surface area contributed by atoms with Crippen LogP contribution in [0.4, 0.5) is 0 Å². The highest BCUT2D eigenvalue weighted by Crippen LogP contribution is 2.16. The van der Waals surface area contributed by atoms with Crippen molar-refractivity contribution in [2.45, 2.75) is 240 Å². The van der Waals surface area contributed by atoms with Gasteiger partial charge in [-0.2, -0.15) is 0 Å². The monoisotopic (exact) mass is 682 g/mol. The van der Waals surface area contributed by atoms with Gasteiger partial charge in [0.05, 0.1) is 0 Å². The van der Waals surface area contributed by atoms with Crippen LogP contribution in [0.1, 0.15) is 227 Å². The molecule has 0 amide bonds. The zero-order valence-electron chi connectivity index (χ0n) is 33.5. The third-order valence-electron chi connectivity index (χ3n) is 9.95. The molecule has 0 aliphatic rings. The summed E-state index contributed by atoms with van der Waals surface area (Å²) in [5, 5.41) is 0. The fourth-order valence-electron chi connectivity index (χ4n) is 6.54. The molecular weight excluding hydrogens is 594 g/mol. The number of unbranched alkanes of at least 4 members (excludes halogenated alkanes) is 21. The molecule has 1 atom stereocenters. The molecule has 1 unspecified atom stereocenters. The van der Waals surface area contributed by atoms with Gasteiger partial charge in [0.15, 0.2) is 6.29 Å². The number of ether oxygens (including phenoxy) is 3. The fourth-order valence-corrected chi connectivity index (χ4v) is 6.54. The van der Waals surface area contributed by atoms with E-state index < -0.39 is 0 Å². The number of carbonyl (C=O) groups is 1. The van der Waals surface area contributed by atoms with Crippen molar-refractivity contribution >= 4 is 5.97 Å². The second kappa shape index (κ2) is 39.1. The Morgan fingerprint density at radius 1 is 0.479 bits per heavy atom. The lowest BCUT2D eigenvalue weighted by Crippen LogP contribution is -2.25. The lowest BCUT2D eigenvalue weighted by atomic mass is 10.1. The summed E-state index contributed by atoms with van der Waals surface area (Å²) in [5.74, 6) is 0.0166. The number of esters is 1. The van der Waals surface area contributed by atoms with Crippen molar-refractivity contribution in [3.05, 3.63) is 0 Å². The Bertz CT molecular complexity index is 612. The normalized spacial score (nSPS) is 12.4. The van der Waals surface area contributed by atoms with Crippen molar-refractivity contribution in [2.24, 2.45) is 0 Å². The number of nitrogens with zero attached hydrogens (tertiary/aromatic N) is 1. The van der Waals surface area contributed by atoms with E-state index >= 15 is 0 Å². The number of rotatable bonds is 40. The van der Waals surface area contributed by atoms with Crippen molar-refractivity contribution < 1.29 is 19.0 Å². The van der Waals surface area contributed by atoms with Crippen molar-refractivity contribution in [2.75, 3.05) is 32.8 Å². The van der Waals surface area contributed by atoms with Crippen LogP contribution in [0.5, 0.6) is 0 Å². The molecule has 0 aromatic rings. The average molecular weight is 682 g/mol. The van der Waals surface area contributed by atoms with Gasteiger partial charge in [-0.1, -0.05) is 157 Å². The molecule has 0 rings (SSSR count). The molecule has 0 saturated heterocycles. The summed E-state index contributed by atoms with van der Waals surface area (Å²) in [6.45, 7) is 16.5. The minimum Gasteiger partial charge on any atom is -0.462 e. The summed E-state index contributed by atoms with van der Waals surface area (Å²) in [6.07, 6.45) is 36.7. The largest absolute Gasteiger partial charge is 0.462 e. The lowest BCUT2D eigenvalue weighted by Gasteiger charge is -2.20. The van der Waals surface area contributed by atoms with Crippen LogP contribution in [0.15, 0.2) is 0 Å². The Morgan fingerprint density at radius 2 is 0.896 bits per heavy atom. The highest BCUT2D eigenvalue weighted by Gasteiger charge is 2.12. The third kappa shape index (κ3) is 33.8. The van der Waals surface area contributed by atoms with Gasteiger partial charge < -0.3 is 19.1 Å². The predicted octanol–water partition coefficient (Wildman–Crippen LogP) is 13.4. The zero-order chi connectivity index (χ0) is 35.2. The first kappa shape index (κ1) is 47.4. The maximum Gasteiger partial charge on any atom is 0.306 e. The van der Waals surface area contributed by atoms with E-state index in [9.17, 15) is 4.79 Å². The van der Waals surface area contributed by atoms with Crippen LogP contribution in [0.2, 0.25) is 0 Å². The first-order valence-corrected chi connectivity index (χ1v) is 21.8. The fraction of sp³-hybridized carbons (Fsp3) is 0.977. The maximum absolute atomic E-state index is 12.3. The van der Waals surface area contributed by atoms with Crippen LogP contribution in [-0.4, -0.2) is 56.1 Å². The summed E-state index contributed by atoms with van der Waals surface area (Å²) >= 11 is 0. The minimum absolute atomic E-state index is 0.000732. The molecule has 0 aliphatic carbocycles. The number of hydrogen-bond donors (Lipinski definition) is 0. The third-order valence-corrected chi connectivity index (χ3v) is 9.95. The Hall–Kier alpha value is -0.650. The lowest BCUT2D eigenvalue weighted by molar-refractivity contribution is -0.149. The van der Waals surface area contributed by atoms with Gasteiger partial charge in [0.2, 0.25) is 0 Å². The summed E-state index contributed by atoms with van der Waals surface area (Å²) < 4.78 is 18.2. The quantitative estimate of drug-likeness (QED) is 0.0366. The molecule has 0 radical (unpaired) electrons. The molecule has 0 heterocycles. The minimum atomic E-state index is -0.000732. The van der Waals surface area contributed by atoms with Gasteiger partial charge in [0, 0.05) is 19.6 Å². The summed E-state index contributed by atoms with van der Waals surface area (Å²) in [7, 11) is 0. The van der Waals surface area contributed by atoms with Crippen LogP contribution in [-0.2, 0) is 19.0 Å². The standard InChI is InChI=1S/C43H87NO4/c1-6-11-14-17-25-32-39-46-43(47-40-33-26-18-15-12-7-2)36-29-22-20-24-31-38-44(10-5)37-30-23-19-21-28-35-42(45)48-41(9-4)34-27-16-13-8-3/h41,43H,6-40H2,1-5H3. The molecule has 0 spiro atoms. The van der Waals surface area contributed by atoms with E-state index in [4.69, 9.17) is 14.2 Å². The Morgan fingerprint density at radius 3 is 1.40 bits per heavy atom. The molecule has 48 heavy (non-hydrogen) atoms. The van der Waals surface area contributed by atoms with Crippen LogP contribution in [0.3, 0.4) is 0 Å². The van der Waals surface area contributed by atoms with Gasteiger partial charge >= 0.3 is 5.97 Å². The molecule has 288 valence electrons. The zero-order valence-corrected chi connectivity index (χ0v) is 33.5. The van der Waals surface area contributed by atoms with E-state index in [0.717, 1.165) is 51.9 Å². The smallest absolute Gasteiger partial charge is 0.306 e. The van der Waals surface area contributed by atoms with Crippen LogP contribution in [0, 0.1) is 0 Å². The van der Waals surface area contributed by atoms with E-state index in [-0.39, 0.29) is 18.4 Å². The Kier molecular flexibility index (Phi) is 38.6. The van der Waals surface area contributed by atoms with Crippen molar-refractivity contribution in [3.63, 3.8) is 0 Å². The molecule has 0 aromatic heterocycles. The second-order valence-corrected chi connectivity index (χ2v) is 14.6. The first-order valence-electron chi connectivity index (χ1n) is 21.8. The van der Waals surface area contributed by atoms with Crippen LogP contribution in [0.25, 0.3) is 0 Å². The van der Waals surface area contributed by atoms with E-state index in [2.05, 4.69) is 39.5 Å². The number of hydrogen-bond acceptors (Lipinski definition) is 5. The van der Waals surface area contributed by atoms with Crippen molar-refractivity contribution in [1.29, 1.82) is 0 Å². The maximum atomic E-state index is 12.3. The first-order chi connectivity index (χ1) is 23.6. The molecule has 5 nitrogen and oxygen atoms in total. The van der Waals surface area contributed by atoms with Crippen molar-refractivity contribution in [1.82, 2.24) is 4.90 Å².